The fourth-order valence-electron chi connectivity index (χ4n) is 2.86. The second-order valence-corrected chi connectivity index (χ2v) is 7.90. The van der Waals surface area contributed by atoms with Crippen LogP contribution >= 0.6 is 0 Å². The predicted octanol–water partition coefficient (Wildman–Crippen LogP) is 2.84. The van der Waals surface area contributed by atoms with Crippen molar-refractivity contribution in [1.29, 1.82) is 0 Å². The zero-order valence-electron chi connectivity index (χ0n) is 13.9. The molecule has 1 heterocycles. The summed E-state index contributed by atoms with van der Waals surface area (Å²) in [6.07, 6.45) is 2.36. The van der Waals surface area contributed by atoms with E-state index >= 15 is 0 Å². The first kappa shape index (κ1) is 17.4. The van der Waals surface area contributed by atoms with Crippen LogP contribution in [0, 0.1) is 0 Å². The summed E-state index contributed by atoms with van der Waals surface area (Å²) in [6.45, 7) is 0.390. The molecule has 0 saturated carbocycles. The number of hydrogen-bond donors (Lipinski definition) is 1. The standard InChI is InChI=1S/C18H20N2O4S/c1-25(22,23)20-13-5-8-17(20)18(21)19-14-9-11-16(12-10-14)24-15-6-3-2-4-7-15/h2-4,6-7,9-12,17H,5,8,13H2,1H3,(H,19,21). The number of amides is 1. The van der Waals surface area contributed by atoms with Gasteiger partial charge in [-0.3, -0.25) is 4.79 Å². The first-order valence-corrected chi connectivity index (χ1v) is 9.89. The summed E-state index contributed by atoms with van der Waals surface area (Å²) in [5.74, 6) is 1.08. The average molecular weight is 360 g/mol. The maximum atomic E-state index is 12.4. The first-order valence-electron chi connectivity index (χ1n) is 8.04. The Kier molecular flexibility index (Phi) is 5.06. The molecule has 0 spiro atoms. The number of carbonyl (C=O) groups excluding carboxylic acids is 1. The Labute approximate surface area is 147 Å². The van der Waals surface area contributed by atoms with Crippen molar-refractivity contribution in [3.63, 3.8) is 0 Å². The second kappa shape index (κ2) is 7.25. The number of rotatable bonds is 5. The molecule has 6 nitrogen and oxygen atoms in total. The Balaban J connectivity index is 1.64. The van der Waals surface area contributed by atoms with Crippen LogP contribution in [0.3, 0.4) is 0 Å². The van der Waals surface area contributed by atoms with E-state index in [1.807, 2.05) is 30.3 Å². The molecule has 1 amide bonds. The van der Waals surface area contributed by atoms with Crippen LogP contribution in [0.2, 0.25) is 0 Å². The van der Waals surface area contributed by atoms with E-state index in [1.54, 1.807) is 24.3 Å². The molecule has 1 fully saturated rings. The van der Waals surface area contributed by atoms with Gasteiger partial charge in [0.05, 0.1) is 6.26 Å². The number of hydrogen-bond acceptors (Lipinski definition) is 4. The van der Waals surface area contributed by atoms with Crippen molar-refractivity contribution in [2.24, 2.45) is 0 Å². The van der Waals surface area contributed by atoms with Crippen molar-refractivity contribution >= 4 is 21.6 Å². The largest absolute Gasteiger partial charge is 0.457 e. The lowest BCUT2D eigenvalue weighted by Crippen LogP contribution is -2.42. The Hall–Kier alpha value is -2.38. The maximum Gasteiger partial charge on any atom is 0.242 e. The second-order valence-electron chi connectivity index (χ2n) is 5.96. The van der Waals surface area contributed by atoms with Crippen LogP contribution in [0.15, 0.2) is 54.6 Å². The maximum absolute atomic E-state index is 12.4. The minimum Gasteiger partial charge on any atom is -0.457 e. The third kappa shape index (κ3) is 4.37. The summed E-state index contributed by atoms with van der Waals surface area (Å²) in [4.78, 5) is 12.4. The Bertz CT molecular complexity index is 835. The number of nitrogens with zero attached hydrogens (tertiary/aromatic N) is 1. The van der Waals surface area contributed by atoms with Gasteiger partial charge in [-0.15, -0.1) is 0 Å². The number of anilines is 1. The summed E-state index contributed by atoms with van der Waals surface area (Å²) < 4.78 is 30.5. The number of ether oxygens (including phenoxy) is 1. The van der Waals surface area contributed by atoms with Crippen molar-refractivity contribution in [2.75, 3.05) is 18.1 Å². The van der Waals surface area contributed by atoms with Crippen LogP contribution < -0.4 is 10.1 Å². The third-order valence-electron chi connectivity index (χ3n) is 4.03. The van der Waals surface area contributed by atoms with Gasteiger partial charge in [0, 0.05) is 12.2 Å². The van der Waals surface area contributed by atoms with E-state index in [0.717, 1.165) is 12.0 Å². The molecule has 0 bridgehead atoms. The molecule has 1 aliphatic heterocycles. The van der Waals surface area contributed by atoms with Gasteiger partial charge in [-0.25, -0.2) is 8.42 Å². The molecule has 7 heteroatoms. The molecule has 1 aliphatic rings. The molecule has 2 aromatic carbocycles. The van der Waals surface area contributed by atoms with E-state index in [0.29, 0.717) is 30.8 Å². The smallest absolute Gasteiger partial charge is 0.242 e. The van der Waals surface area contributed by atoms with Crippen molar-refractivity contribution in [3.05, 3.63) is 54.6 Å². The highest BCUT2D eigenvalue weighted by Gasteiger charge is 2.36. The molecule has 1 N–H and O–H groups in total. The van der Waals surface area contributed by atoms with Gasteiger partial charge >= 0.3 is 0 Å². The molecular weight excluding hydrogens is 340 g/mol. The van der Waals surface area contributed by atoms with Crippen LogP contribution in [-0.4, -0.2) is 37.5 Å². The highest BCUT2D eigenvalue weighted by atomic mass is 32.2. The monoisotopic (exact) mass is 360 g/mol. The molecule has 2 aromatic rings. The number of benzene rings is 2. The Morgan fingerprint density at radius 3 is 2.36 bits per heavy atom. The van der Waals surface area contributed by atoms with Crippen molar-refractivity contribution < 1.29 is 17.9 Å². The molecule has 25 heavy (non-hydrogen) atoms. The summed E-state index contributed by atoms with van der Waals surface area (Å²) >= 11 is 0. The zero-order chi connectivity index (χ0) is 17.9. The highest BCUT2D eigenvalue weighted by molar-refractivity contribution is 7.88. The molecule has 0 radical (unpaired) electrons. The molecule has 3 rings (SSSR count). The van der Waals surface area contributed by atoms with E-state index in [4.69, 9.17) is 4.74 Å². The predicted molar refractivity (Wildman–Crippen MR) is 96.2 cm³/mol. The molecule has 1 saturated heterocycles. The summed E-state index contributed by atoms with van der Waals surface area (Å²) in [6, 6.07) is 15.7. The van der Waals surface area contributed by atoms with Gasteiger partial charge in [0.1, 0.15) is 17.5 Å². The summed E-state index contributed by atoms with van der Waals surface area (Å²) in [5, 5.41) is 2.78. The lowest BCUT2D eigenvalue weighted by Gasteiger charge is -2.21. The van der Waals surface area contributed by atoms with Gasteiger partial charge in [-0.05, 0) is 49.2 Å². The van der Waals surface area contributed by atoms with E-state index < -0.39 is 16.1 Å². The number of para-hydroxylation sites is 1. The van der Waals surface area contributed by atoms with Crippen LogP contribution in [0.4, 0.5) is 5.69 Å². The Morgan fingerprint density at radius 2 is 1.72 bits per heavy atom. The fourth-order valence-corrected chi connectivity index (χ4v) is 3.98. The van der Waals surface area contributed by atoms with Crippen molar-refractivity contribution in [3.8, 4) is 11.5 Å². The average Bonchev–Trinajstić information content (AvgIpc) is 3.08. The third-order valence-corrected chi connectivity index (χ3v) is 5.32. The fraction of sp³-hybridized carbons (Fsp3) is 0.278. The lowest BCUT2D eigenvalue weighted by molar-refractivity contribution is -0.119. The minimum absolute atomic E-state index is 0.306. The van der Waals surface area contributed by atoms with Gasteiger partial charge in [0.2, 0.25) is 15.9 Å². The van der Waals surface area contributed by atoms with Gasteiger partial charge in [0.15, 0.2) is 0 Å². The van der Waals surface area contributed by atoms with Crippen molar-refractivity contribution in [2.45, 2.75) is 18.9 Å². The highest BCUT2D eigenvalue weighted by Crippen LogP contribution is 2.24. The summed E-state index contributed by atoms with van der Waals surface area (Å²) in [7, 11) is -3.38. The van der Waals surface area contributed by atoms with E-state index in [2.05, 4.69) is 5.32 Å². The minimum atomic E-state index is -3.38. The number of nitrogens with one attached hydrogen (secondary N) is 1. The molecule has 0 aromatic heterocycles. The topological polar surface area (TPSA) is 75.7 Å². The number of carbonyl (C=O) groups is 1. The molecular formula is C18H20N2O4S. The molecule has 1 atom stereocenters. The van der Waals surface area contributed by atoms with E-state index in [9.17, 15) is 13.2 Å². The molecule has 0 aliphatic carbocycles. The van der Waals surface area contributed by atoms with E-state index in [-0.39, 0.29) is 5.91 Å². The lowest BCUT2D eigenvalue weighted by atomic mass is 10.2. The van der Waals surface area contributed by atoms with Gasteiger partial charge in [0.25, 0.3) is 0 Å². The van der Waals surface area contributed by atoms with Gasteiger partial charge in [-0.1, -0.05) is 18.2 Å². The molecule has 1 unspecified atom stereocenters. The van der Waals surface area contributed by atoms with Gasteiger partial charge < -0.3 is 10.1 Å². The van der Waals surface area contributed by atoms with E-state index in [1.165, 1.54) is 4.31 Å². The Morgan fingerprint density at radius 1 is 1.08 bits per heavy atom. The van der Waals surface area contributed by atoms with Crippen LogP contribution in [0.1, 0.15) is 12.8 Å². The summed E-state index contributed by atoms with van der Waals surface area (Å²) in [5.41, 5.74) is 0.603. The zero-order valence-corrected chi connectivity index (χ0v) is 14.7. The number of sulfonamides is 1. The van der Waals surface area contributed by atoms with Crippen molar-refractivity contribution in [1.82, 2.24) is 4.31 Å². The normalized spacial score (nSPS) is 18.0. The van der Waals surface area contributed by atoms with Crippen LogP contribution in [-0.2, 0) is 14.8 Å². The SMILES string of the molecule is CS(=O)(=O)N1CCCC1C(=O)Nc1ccc(Oc2ccccc2)cc1. The molecule has 132 valence electrons. The quantitative estimate of drug-likeness (QED) is 0.890. The van der Waals surface area contributed by atoms with Crippen LogP contribution in [0.5, 0.6) is 11.5 Å². The van der Waals surface area contributed by atoms with Crippen LogP contribution in [0.25, 0.3) is 0 Å². The first-order chi connectivity index (χ1) is 11.9. The van der Waals surface area contributed by atoms with Gasteiger partial charge in [-0.2, -0.15) is 4.31 Å².